The van der Waals surface area contributed by atoms with Gasteiger partial charge in [-0.3, -0.25) is 4.79 Å². The zero-order chi connectivity index (χ0) is 30.3. The summed E-state index contributed by atoms with van der Waals surface area (Å²) in [4.78, 5) is 38.6. The Hall–Kier alpha value is -3.78. The Kier molecular flexibility index (Phi) is 9.76. The summed E-state index contributed by atoms with van der Waals surface area (Å²) in [6.07, 6.45) is 6.09. The minimum absolute atomic E-state index is 0.111. The van der Waals surface area contributed by atoms with Crippen molar-refractivity contribution in [1.29, 1.82) is 0 Å². The van der Waals surface area contributed by atoms with Gasteiger partial charge in [-0.05, 0) is 74.6 Å². The number of hydrogen-bond acceptors (Lipinski definition) is 8. The summed E-state index contributed by atoms with van der Waals surface area (Å²) in [7, 11) is -4.34. The number of carboxylic acid groups (broad SMARTS) is 1. The quantitative estimate of drug-likeness (QED) is 0.118. The van der Waals surface area contributed by atoms with Gasteiger partial charge in [-0.1, -0.05) is 48.9 Å². The van der Waals surface area contributed by atoms with Crippen molar-refractivity contribution in [1.82, 2.24) is 25.5 Å². The van der Waals surface area contributed by atoms with E-state index in [0.29, 0.717) is 32.2 Å². The Bertz CT molecular complexity index is 1480. The van der Waals surface area contributed by atoms with Crippen molar-refractivity contribution < 1.29 is 28.0 Å². The molecule has 2 heterocycles. The Balaban J connectivity index is 1.25. The molecule has 2 aliphatic rings. The van der Waals surface area contributed by atoms with Gasteiger partial charge in [-0.2, -0.15) is 10.2 Å². The van der Waals surface area contributed by atoms with Gasteiger partial charge in [0.15, 0.2) is 0 Å². The second kappa shape index (κ2) is 13.7. The van der Waals surface area contributed by atoms with Crippen LogP contribution in [0.3, 0.4) is 0 Å². The Morgan fingerprint density at radius 2 is 1.74 bits per heavy atom. The van der Waals surface area contributed by atoms with E-state index in [-0.39, 0.29) is 17.9 Å². The smallest absolute Gasteiger partial charge is 0.345 e. The highest BCUT2D eigenvalue weighted by atomic mass is 32.2. The lowest BCUT2D eigenvalue weighted by Crippen LogP contribution is -2.67. The zero-order valence-electron chi connectivity index (χ0n) is 23.9. The van der Waals surface area contributed by atoms with E-state index >= 15 is 0 Å². The molecule has 1 aliphatic carbocycles. The van der Waals surface area contributed by atoms with Crippen LogP contribution in [0.2, 0.25) is 0 Å². The predicted octanol–water partition coefficient (Wildman–Crippen LogP) is 3.10. The number of imidazole rings is 1. The number of rotatable bonds is 14. The number of benzene rings is 2. The van der Waals surface area contributed by atoms with Crippen LogP contribution in [0.5, 0.6) is 0 Å². The Morgan fingerprint density at radius 1 is 1.00 bits per heavy atom. The molecular formula is C30H38N6O6S. The highest BCUT2D eigenvalue weighted by Gasteiger charge is 2.45. The van der Waals surface area contributed by atoms with Gasteiger partial charge < -0.3 is 25.6 Å². The monoisotopic (exact) mass is 610 g/mol. The molecule has 1 saturated heterocycles. The molecule has 13 heteroatoms. The van der Waals surface area contributed by atoms with Gasteiger partial charge >= 0.3 is 5.97 Å². The molecule has 1 amide bonds. The van der Waals surface area contributed by atoms with Crippen LogP contribution in [0.1, 0.15) is 56.3 Å². The first kappa shape index (κ1) is 30.7. The number of aromatic amines is 1. The van der Waals surface area contributed by atoms with E-state index in [2.05, 4.69) is 30.8 Å². The number of hydroxylamine groups is 1. The molecule has 1 fully saturated rings. The molecule has 2 aromatic carbocycles. The molecule has 6 N–H and O–H groups in total. The number of sulfonamides is 1. The molecule has 2 atom stereocenters. The third-order valence-corrected chi connectivity index (χ3v) is 9.32. The molecule has 12 nitrogen and oxygen atoms in total. The molecule has 3 aromatic rings. The number of fused-ring (bicyclic) bond motifs is 1. The van der Waals surface area contributed by atoms with Gasteiger partial charge in [0.25, 0.3) is 0 Å². The van der Waals surface area contributed by atoms with Crippen molar-refractivity contribution in [3.8, 4) is 11.1 Å². The number of carboxylic acids is 1. The topological polar surface area (TPSA) is 175 Å². The van der Waals surface area contributed by atoms with Gasteiger partial charge in [0.2, 0.25) is 27.5 Å². The fourth-order valence-electron chi connectivity index (χ4n) is 5.40. The number of H-pyrrole nitrogens is 1. The van der Waals surface area contributed by atoms with Gasteiger partial charge in [0.1, 0.15) is 6.04 Å². The molecule has 0 saturated carbocycles. The Morgan fingerprint density at radius 3 is 2.44 bits per heavy atom. The Labute approximate surface area is 251 Å². The lowest BCUT2D eigenvalue weighted by atomic mass is 10.0. The van der Waals surface area contributed by atoms with Crippen LogP contribution >= 0.6 is 0 Å². The van der Waals surface area contributed by atoms with E-state index < -0.39 is 33.6 Å². The van der Waals surface area contributed by atoms with Crippen LogP contribution in [-0.2, 0) is 37.3 Å². The van der Waals surface area contributed by atoms with Crippen molar-refractivity contribution in [2.75, 3.05) is 18.5 Å². The summed E-state index contributed by atoms with van der Waals surface area (Å²) in [6, 6.07) is 14.8. The lowest BCUT2D eigenvalue weighted by Gasteiger charge is -2.32. The van der Waals surface area contributed by atoms with Crippen molar-refractivity contribution >= 4 is 27.8 Å². The van der Waals surface area contributed by atoms with Gasteiger partial charge in [-0.15, -0.1) is 0 Å². The van der Waals surface area contributed by atoms with Crippen LogP contribution < -0.4 is 20.8 Å². The fourth-order valence-corrected chi connectivity index (χ4v) is 6.71. The van der Waals surface area contributed by atoms with E-state index in [1.54, 1.807) is 12.1 Å². The maximum atomic E-state index is 13.5. The molecule has 43 heavy (non-hydrogen) atoms. The van der Waals surface area contributed by atoms with Crippen LogP contribution in [0.25, 0.3) is 11.1 Å². The normalized spacial score (nSPS) is 18.0. The molecule has 0 bridgehead atoms. The van der Waals surface area contributed by atoms with Gasteiger partial charge in [0.05, 0.1) is 17.2 Å². The van der Waals surface area contributed by atoms with Crippen molar-refractivity contribution in [3.05, 3.63) is 66.0 Å². The van der Waals surface area contributed by atoms with Crippen LogP contribution in [0.15, 0.2) is 59.5 Å². The second-order valence-electron chi connectivity index (χ2n) is 11.0. The number of carbonyl (C=O) groups is 2. The predicted molar refractivity (Wildman–Crippen MR) is 160 cm³/mol. The summed E-state index contributed by atoms with van der Waals surface area (Å²) < 4.78 is 29.3. The number of aliphatic carboxylic acids is 1. The van der Waals surface area contributed by atoms with E-state index in [1.807, 2.05) is 30.3 Å². The summed E-state index contributed by atoms with van der Waals surface area (Å²) in [5, 5.41) is 16.1. The first-order valence-corrected chi connectivity index (χ1v) is 16.2. The number of aryl methyl sites for hydroxylation is 2. The molecule has 1 aromatic heterocycles. The first-order valence-electron chi connectivity index (χ1n) is 14.7. The SMILES string of the molecule is O=C(NC(CCCCCNc1nc2c([nH]1)CCCC2)(NS(=O)(=O)c1ccc(-c2ccccc2)cc1)C(=O)O)C1CCON1. The number of aromatic nitrogens is 2. The van der Waals surface area contributed by atoms with Crippen LogP contribution in [-0.4, -0.2) is 60.2 Å². The number of anilines is 1. The molecule has 2 unspecified atom stereocenters. The highest BCUT2D eigenvalue weighted by Crippen LogP contribution is 2.24. The summed E-state index contributed by atoms with van der Waals surface area (Å²) in [5.41, 5.74) is 4.31. The third kappa shape index (κ3) is 7.60. The van der Waals surface area contributed by atoms with Gasteiger partial charge in [-0.25, -0.2) is 18.2 Å². The summed E-state index contributed by atoms with van der Waals surface area (Å²) in [5.74, 6) is -1.43. The van der Waals surface area contributed by atoms with Gasteiger partial charge in [0, 0.05) is 12.2 Å². The number of nitrogens with zero attached hydrogens (tertiary/aromatic N) is 1. The molecule has 0 radical (unpaired) electrons. The maximum Gasteiger partial charge on any atom is 0.345 e. The van der Waals surface area contributed by atoms with Crippen molar-refractivity contribution in [2.45, 2.75) is 74.4 Å². The standard InChI is InChI=1S/C30H38N6O6S/c37-27(26-17-20-42-35-26)34-30(28(38)39,18-7-2-8-19-31-29-32-24-11-5-6-12-25(24)33-29)36-43(40,41)23-15-13-22(14-16-23)21-9-3-1-4-10-21/h1,3-4,9-10,13-16,26,35-36H,2,5-8,11-12,17-20H2,(H,34,37)(H,38,39)(H2,31,32,33). The number of nitrogens with one attached hydrogen (secondary N) is 5. The minimum Gasteiger partial charge on any atom is -0.478 e. The van der Waals surface area contributed by atoms with Crippen molar-refractivity contribution in [3.63, 3.8) is 0 Å². The average molecular weight is 611 g/mol. The van der Waals surface area contributed by atoms with Crippen LogP contribution in [0.4, 0.5) is 5.95 Å². The molecular weight excluding hydrogens is 572 g/mol. The summed E-state index contributed by atoms with van der Waals surface area (Å²) >= 11 is 0. The third-order valence-electron chi connectivity index (χ3n) is 7.81. The summed E-state index contributed by atoms with van der Waals surface area (Å²) in [6.45, 7) is 0.894. The second-order valence-corrected chi connectivity index (χ2v) is 12.6. The van der Waals surface area contributed by atoms with E-state index in [0.717, 1.165) is 48.5 Å². The van der Waals surface area contributed by atoms with E-state index in [1.165, 1.54) is 17.8 Å². The minimum atomic E-state index is -4.34. The van der Waals surface area contributed by atoms with Crippen molar-refractivity contribution in [2.24, 2.45) is 0 Å². The zero-order valence-corrected chi connectivity index (χ0v) is 24.7. The molecule has 5 rings (SSSR count). The number of hydrogen-bond donors (Lipinski definition) is 6. The number of carbonyl (C=O) groups excluding carboxylic acids is 1. The number of unbranched alkanes of at least 4 members (excludes halogenated alkanes) is 2. The molecule has 230 valence electrons. The largest absolute Gasteiger partial charge is 0.478 e. The maximum absolute atomic E-state index is 13.5. The average Bonchev–Trinajstić information content (AvgIpc) is 3.70. The number of amides is 1. The van der Waals surface area contributed by atoms with Crippen LogP contribution in [0, 0.1) is 0 Å². The van der Waals surface area contributed by atoms with E-state index in [4.69, 9.17) is 4.84 Å². The van der Waals surface area contributed by atoms with E-state index in [9.17, 15) is 23.1 Å². The fraction of sp³-hybridized carbons (Fsp3) is 0.433. The molecule has 1 aliphatic heterocycles. The lowest BCUT2D eigenvalue weighted by molar-refractivity contribution is -0.149. The highest BCUT2D eigenvalue weighted by molar-refractivity contribution is 7.89. The molecule has 0 spiro atoms. The first-order chi connectivity index (χ1) is 20.8.